The summed E-state index contributed by atoms with van der Waals surface area (Å²) in [6.07, 6.45) is -2.50. The number of hydrogen-bond acceptors (Lipinski definition) is 4. The highest BCUT2D eigenvalue weighted by Gasteiger charge is 2.41. The van der Waals surface area contributed by atoms with Crippen molar-refractivity contribution in [3.8, 4) is 11.3 Å². The molecule has 1 aromatic carbocycles. The molecule has 29 heavy (non-hydrogen) atoms. The predicted molar refractivity (Wildman–Crippen MR) is 102 cm³/mol. The first-order chi connectivity index (χ1) is 13.8. The normalized spacial score (nSPS) is 19.4. The van der Waals surface area contributed by atoms with Gasteiger partial charge >= 0.3 is 6.18 Å². The Morgan fingerprint density at radius 2 is 1.97 bits per heavy atom. The molecule has 1 saturated carbocycles. The molecule has 5 nitrogen and oxygen atoms in total. The van der Waals surface area contributed by atoms with E-state index in [1.807, 2.05) is 0 Å². The van der Waals surface area contributed by atoms with Gasteiger partial charge in [-0.2, -0.15) is 13.2 Å². The van der Waals surface area contributed by atoms with Crippen molar-refractivity contribution in [3.63, 3.8) is 0 Å². The first kappa shape index (κ1) is 19.9. The first-order valence-electron chi connectivity index (χ1n) is 9.18. The third kappa shape index (κ3) is 4.01. The largest absolute Gasteiger partial charge is 0.451 e. The van der Waals surface area contributed by atoms with E-state index in [1.54, 1.807) is 11.9 Å². The maximum Gasteiger partial charge on any atom is 0.416 e. The average molecular weight is 424 g/mol. The molecular formula is C20H19F3N2O3S. The lowest BCUT2D eigenvalue weighted by Crippen LogP contribution is -2.48. The topological polar surface area (TPSA) is 53.8 Å². The maximum atomic E-state index is 12.9. The quantitative estimate of drug-likeness (QED) is 0.742. The Labute approximate surface area is 169 Å². The Morgan fingerprint density at radius 3 is 2.66 bits per heavy atom. The van der Waals surface area contributed by atoms with E-state index in [0.29, 0.717) is 11.6 Å². The van der Waals surface area contributed by atoms with Crippen LogP contribution < -0.4 is 0 Å². The summed E-state index contributed by atoms with van der Waals surface area (Å²) < 4.78 is 44.4. The van der Waals surface area contributed by atoms with Crippen LogP contribution in [0.1, 0.15) is 29.0 Å². The average Bonchev–Trinajstić information content (AvgIpc) is 3.23. The molecule has 1 saturated heterocycles. The van der Waals surface area contributed by atoms with E-state index in [-0.39, 0.29) is 29.0 Å². The zero-order chi connectivity index (χ0) is 20.8. The molecule has 0 bridgehead atoms. The van der Waals surface area contributed by atoms with E-state index in [1.165, 1.54) is 40.9 Å². The van der Waals surface area contributed by atoms with E-state index in [9.17, 15) is 22.8 Å². The zero-order valence-electron chi connectivity index (χ0n) is 15.6. The number of likely N-dealkylation sites (N-methyl/N-ethyl adjacent to an activating group) is 1. The van der Waals surface area contributed by atoms with Crippen molar-refractivity contribution in [2.75, 3.05) is 18.7 Å². The van der Waals surface area contributed by atoms with E-state index in [4.69, 9.17) is 4.42 Å². The first-order valence-corrected chi connectivity index (χ1v) is 10.3. The Balaban J connectivity index is 1.53. The summed E-state index contributed by atoms with van der Waals surface area (Å²) >= 11 is 1.49. The summed E-state index contributed by atoms with van der Waals surface area (Å²) in [7, 11) is 1.75. The molecule has 2 aromatic rings. The monoisotopic (exact) mass is 424 g/mol. The molecule has 0 radical (unpaired) electrons. The van der Waals surface area contributed by atoms with Crippen LogP contribution in [0.2, 0.25) is 0 Å². The summed E-state index contributed by atoms with van der Waals surface area (Å²) in [5, 5.41) is 0. The number of furan rings is 1. The fourth-order valence-electron chi connectivity index (χ4n) is 3.32. The smallest absolute Gasteiger partial charge is 0.416 e. The number of thioether (sulfide) groups is 1. The Morgan fingerprint density at radius 1 is 1.21 bits per heavy atom. The highest BCUT2D eigenvalue weighted by molar-refractivity contribution is 7.99. The number of hydrogen-bond donors (Lipinski definition) is 0. The van der Waals surface area contributed by atoms with Crippen LogP contribution in [0.25, 0.3) is 11.3 Å². The summed E-state index contributed by atoms with van der Waals surface area (Å²) in [5.74, 6) is 0.540. The Hall–Kier alpha value is -2.42. The number of rotatable bonds is 4. The molecule has 4 rings (SSSR count). The van der Waals surface area contributed by atoms with E-state index < -0.39 is 23.7 Å². The molecule has 2 heterocycles. The summed E-state index contributed by atoms with van der Waals surface area (Å²) in [4.78, 5) is 28.8. The van der Waals surface area contributed by atoms with Gasteiger partial charge in [-0.15, -0.1) is 11.8 Å². The van der Waals surface area contributed by atoms with E-state index in [0.717, 1.165) is 25.0 Å². The van der Waals surface area contributed by atoms with Crippen molar-refractivity contribution in [3.05, 3.63) is 47.7 Å². The van der Waals surface area contributed by atoms with Gasteiger partial charge in [-0.3, -0.25) is 9.59 Å². The van der Waals surface area contributed by atoms with Gasteiger partial charge < -0.3 is 14.2 Å². The second-order valence-electron chi connectivity index (χ2n) is 7.21. The molecule has 9 heteroatoms. The van der Waals surface area contributed by atoms with Gasteiger partial charge in [-0.05, 0) is 37.1 Å². The van der Waals surface area contributed by atoms with Crippen LogP contribution >= 0.6 is 11.8 Å². The molecule has 1 aliphatic carbocycles. The fourth-order valence-corrected chi connectivity index (χ4v) is 4.47. The maximum absolute atomic E-state index is 12.9. The van der Waals surface area contributed by atoms with Crippen molar-refractivity contribution in [2.45, 2.75) is 31.1 Å². The molecule has 0 spiro atoms. The van der Waals surface area contributed by atoms with Crippen molar-refractivity contribution in [2.24, 2.45) is 0 Å². The standard InChI is InChI=1S/C20H19F3N2O3S/c1-24(14-5-6-14)18(26)15-10-29-11-25(15)19(27)17-8-7-16(28-17)12-3-2-4-13(9-12)20(21,22)23/h2-4,7-9,14-15H,5-6,10-11H2,1H3. The highest BCUT2D eigenvalue weighted by atomic mass is 32.2. The minimum atomic E-state index is -4.46. The number of nitrogens with zero attached hydrogens (tertiary/aromatic N) is 2. The Kier molecular flexibility index (Phi) is 5.10. The lowest BCUT2D eigenvalue weighted by molar-refractivity contribution is -0.137. The lowest BCUT2D eigenvalue weighted by Gasteiger charge is -2.26. The molecule has 2 fully saturated rings. The van der Waals surface area contributed by atoms with Crippen LogP contribution in [-0.2, 0) is 11.0 Å². The number of amides is 2. The van der Waals surface area contributed by atoms with Gasteiger partial charge in [0.1, 0.15) is 11.8 Å². The molecule has 1 aliphatic heterocycles. The summed E-state index contributed by atoms with van der Waals surface area (Å²) in [6, 6.07) is 7.35. The van der Waals surface area contributed by atoms with Gasteiger partial charge in [0.25, 0.3) is 5.91 Å². The minimum absolute atomic E-state index is 0.00628. The second-order valence-corrected chi connectivity index (χ2v) is 8.21. The number of halogens is 3. The third-order valence-electron chi connectivity index (χ3n) is 5.16. The van der Waals surface area contributed by atoms with Gasteiger partial charge in [-0.25, -0.2) is 0 Å². The van der Waals surface area contributed by atoms with Crippen LogP contribution in [0.5, 0.6) is 0 Å². The number of alkyl halides is 3. The molecule has 1 aromatic heterocycles. The minimum Gasteiger partial charge on any atom is -0.451 e. The van der Waals surface area contributed by atoms with Gasteiger partial charge in [0.05, 0.1) is 11.4 Å². The van der Waals surface area contributed by atoms with Crippen molar-refractivity contribution < 1.29 is 27.2 Å². The molecule has 1 atom stereocenters. The van der Waals surface area contributed by atoms with Crippen LogP contribution in [-0.4, -0.2) is 52.4 Å². The van der Waals surface area contributed by atoms with Gasteiger partial charge in [0.15, 0.2) is 5.76 Å². The summed E-state index contributed by atoms with van der Waals surface area (Å²) in [6.45, 7) is 0. The van der Waals surface area contributed by atoms with E-state index >= 15 is 0 Å². The van der Waals surface area contributed by atoms with Crippen LogP contribution in [0.4, 0.5) is 13.2 Å². The molecular weight excluding hydrogens is 405 g/mol. The van der Waals surface area contributed by atoms with Crippen LogP contribution in [0.3, 0.4) is 0 Å². The number of carbonyl (C=O) groups excluding carboxylic acids is 2. The predicted octanol–water partition coefficient (Wildman–Crippen LogP) is 4.10. The zero-order valence-corrected chi connectivity index (χ0v) is 16.4. The van der Waals surface area contributed by atoms with Crippen LogP contribution in [0, 0.1) is 0 Å². The van der Waals surface area contributed by atoms with Crippen molar-refractivity contribution >= 4 is 23.6 Å². The molecule has 0 N–H and O–H groups in total. The van der Waals surface area contributed by atoms with E-state index in [2.05, 4.69) is 0 Å². The van der Waals surface area contributed by atoms with Crippen molar-refractivity contribution in [1.29, 1.82) is 0 Å². The number of benzene rings is 1. The number of carbonyl (C=O) groups is 2. The Bertz CT molecular complexity index is 939. The highest BCUT2D eigenvalue weighted by Crippen LogP contribution is 2.34. The fraction of sp³-hybridized carbons (Fsp3) is 0.400. The third-order valence-corrected chi connectivity index (χ3v) is 6.17. The van der Waals surface area contributed by atoms with Gasteiger partial charge in [0.2, 0.25) is 5.91 Å². The van der Waals surface area contributed by atoms with Crippen LogP contribution in [0.15, 0.2) is 40.8 Å². The molecule has 2 aliphatic rings. The molecule has 2 amide bonds. The summed E-state index contributed by atoms with van der Waals surface area (Å²) in [5.41, 5.74) is -0.556. The SMILES string of the molecule is CN(C(=O)C1CSCN1C(=O)c1ccc(-c2cccc(C(F)(F)F)c2)o1)C1CC1. The molecule has 154 valence electrons. The van der Waals surface area contributed by atoms with Gasteiger partial charge in [0, 0.05) is 24.4 Å². The van der Waals surface area contributed by atoms with Gasteiger partial charge in [-0.1, -0.05) is 12.1 Å². The van der Waals surface area contributed by atoms with Crippen molar-refractivity contribution in [1.82, 2.24) is 9.80 Å². The molecule has 1 unspecified atom stereocenters. The lowest BCUT2D eigenvalue weighted by atomic mass is 10.1. The second kappa shape index (κ2) is 7.44.